The number of aryl methyl sites for hydroxylation is 1. The molecule has 2 aromatic carbocycles. The van der Waals surface area contributed by atoms with Crippen molar-refractivity contribution >= 4 is 28.6 Å². The first-order chi connectivity index (χ1) is 12.1. The predicted molar refractivity (Wildman–Crippen MR) is 95.7 cm³/mol. The summed E-state index contributed by atoms with van der Waals surface area (Å²) in [5.41, 5.74) is 3.39. The Balaban J connectivity index is 1.56. The third kappa shape index (κ3) is 3.07. The number of aromatic nitrogens is 1. The van der Waals surface area contributed by atoms with Crippen molar-refractivity contribution in [3.05, 3.63) is 69.2 Å². The maximum atomic E-state index is 12.5. The molecule has 25 heavy (non-hydrogen) atoms. The fourth-order valence-corrected chi connectivity index (χ4v) is 3.64. The molecule has 0 saturated heterocycles. The van der Waals surface area contributed by atoms with Crippen LogP contribution in [-0.2, 0) is 17.8 Å². The van der Waals surface area contributed by atoms with Crippen LogP contribution in [-0.4, -0.2) is 10.5 Å². The van der Waals surface area contributed by atoms with Crippen LogP contribution in [0.1, 0.15) is 30.0 Å². The molecule has 0 saturated carbocycles. The first-order valence-electron chi connectivity index (χ1n) is 8.28. The Bertz CT molecular complexity index is 1010. The highest BCUT2D eigenvalue weighted by molar-refractivity contribution is 6.31. The summed E-state index contributed by atoms with van der Waals surface area (Å²) in [5.74, 6) is -0.766. The molecule has 0 fully saturated rings. The van der Waals surface area contributed by atoms with Gasteiger partial charge in [0, 0.05) is 11.1 Å². The number of hydrogen-bond acceptors (Lipinski definition) is 3. The molecule has 5 nitrogen and oxygen atoms in total. The van der Waals surface area contributed by atoms with Gasteiger partial charge in [-0.1, -0.05) is 35.9 Å². The van der Waals surface area contributed by atoms with Crippen LogP contribution in [0.3, 0.4) is 0 Å². The first-order valence-corrected chi connectivity index (χ1v) is 8.65. The largest absolute Gasteiger partial charge is 0.420 e. The molecule has 1 unspecified atom stereocenters. The zero-order chi connectivity index (χ0) is 17.4. The summed E-state index contributed by atoms with van der Waals surface area (Å²) in [6.07, 6.45) is 2.98. The van der Waals surface area contributed by atoms with Crippen molar-refractivity contribution in [2.24, 2.45) is 0 Å². The SMILES string of the molecule is O=C(Cn1c(=O)oc2cc(Cl)ccc21)NC1CCCc2ccccc21. The van der Waals surface area contributed by atoms with E-state index in [1.807, 2.05) is 12.1 Å². The summed E-state index contributed by atoms with van der Waals surface area (Å²) in [7, 11) is 0. The zero-order valence-electron chi connectivity index (χ0n) is 13.5. The van der Waals surface area contributed by atoms with Gasteiger partial charge in [-0.05, 0) is 42.5 Å². The fraction of sp³-hybridized carbons (Fsp3) is 0.263. The molecule has 0 spiro atoms. The van der Waals surface area contributed by atoms with Gasteiger partial charge in [-0.2, -0.15) is 0 Å². The third-order valence-electron chi connectivity index (χ3n) is 4.64. The van der Waals surface area contributed by atoms with E-state index in [0.29, 0.717) is 16.1 Å². The number of benzene rings is 2. The number of carbonyl (C=O) groups excluding carboxylic acids is 1. The number of amides is 1. The second kappa shape index (κ2) is 6.41. The molecule has 1 aliphatic carbocycles. The average molecular weight is 357 g/mol. The molecule has 1 heterocycles. The number of nitrogens with one attached hydrogen (secondary N) is 1. The van der Waals surface area contributed by atoms with E-state index in [0.717, 1.165) is 19.3 Å². The monoisotopic (exact) mass is 356 g/mol. The lowest BCUT2D eigenvalue weighted by Crippen LogP contribution is -2.35. The summed E-state index contributed by atoms with van der Waals surface area (Å²) in [4.78, 5) is 24.6. The predicted octanol–water partition coefficient (Wildman–Crippen LogP) is 3.44. The van der Waals surface area contributed by atoms with E-state index in [2.05, 4.69) is 17.4 Å². The molecular formula is C19H17ClN2O3. The van der Waals surface area contributed by atoms with Crippen molar-refractivity contribution in [2.45, 2.75) is 31.8 Å². The van der Waals surface area contributed by atoms with Gasteiger partial charge >= 0.3 is 5.76 Å². The van der Waals surface area contributed by atoms with E-state index in [-0.39, 0.29) is 18.5 Å². The van der Waals surface area contributed by atoms with Crippen LogP contribution < -0.4 is 11.1 Å². The molecule has 6 heteroatoms. The molecule has 1 aliphatic rings. The fourth-order valence-electron chi connectivity index (χ4n) is 3.48. The summed E-state index contributed by atoms with van der Waals surface area (Å²) in [6.45, 7) is -0.0772. The van der Waals surface area contributed by atoms with Crippen LogP contribution in [0.25, 0.3) is 11.1 Å². The van der Waals surface area contributed by atoms with Gasteiger partial charge in [0.2, 0.25) is 5.91 Å². The molecule has 4 rings (SSSR count). The minimum Gasteiger partial charge on any atom is -0.408 e. The molecule has 0 radical (unpaired) electrons. The summed E-state index contributed by atoms with van der Waals surface area (Å²) < 4.78 is 6.50. The lowest BCUT2D eigenvalue weighted by Gasteiger charge is -2.26. The van der Waals surface area contributed by atoms with Gasteiger partial charge in [0.25, 0.3) is 0 Å². The van der Waals surface area contributed by atoms with Gasteiger partial charge in [0.1, 0.15) is 6.54 Å². The Morgan fingerprint density at radius 1 is 1.28 bits per heavy atom. The van der Waals surface area contributed by atoms with Crippen molar-refractivity contribution < 1.29 is 9.21 Å². The zero-order valence-corrected chi connectivity index (χ0v) is 14.3. The van der Waals surface area contributed by atoms with Gasteiger partial charge in [-0.15, -0.1) is 0 Å². The normalized spacial score (nSPS) is 16.6. The van der Waals surface area contributed by atoms with Crippen LogP contribution >= 0.6 is 11.6 Å². The molecule has 1 aromatic heterocycles. The van der Waals surface area contributed by atoms with Crippen LogP contribution in [0.2, 0.25) is 5.02 Å². The second-order valence-corrected chi connectivity index (χ2v) is 6.71. The average Bonchev–Trinajstić information content (AvgIpc) is 2.90. The quantitative estimate of drug-likeness (QED) is 0.781. The van der Waals surface area contributed by atoms with Gasteiger partial charge in [0.05, 0.1) is 11.6 Å². The Hall–Kier alpha value is -2.53. The van der Waals surface area contributed by atoms with Gasteiger partial charge in [-0.3, -0.25) is 9.36 Å². The minimum absolute atomic E-state index is 0.0132. The number of oxazole rings is 1. The van der Waals surface area contributed by atoms with Crippen LogP contribution in [0.4, 0.5) is 0 Å². The Morgan fingerprint density at radius 3 is 3.00 bits per heavy atom. The molecular weight excluding hydrogens is 340 g/mol. The van der Waals surface area contributed by atoms with E-state index in [9.17, 15) is 9.59 Å². The van der Waals surface area contributed by atoms with E-state index < -0.39 is 5.76 Å². The second-order valence-electron chi connectivity index (χ2n) is 6.28. The van der Waals surface area contributed by atoms with E-state index >= 15 is 0 Å². The molecule has 0 aliphatic heterocycles. The van der Waals surface area contributed by atoms with Crippen molar-refractivity contribution in [3.8, 4) is 0 Å². The van der Waals surface area contributed by atoms with Crippen LogP contribution in [0, 0.1) is 0 Å². The van der Waals surface area contributed by atoms with E-state index in [1.165, 1.54) is 15.7 Å². The van der Waals surface area contributed by atoms with Crippen LogP contribution in [0.5, 0.6) is 0 Å². The highest BCUT2D eigenvalue weighted by Gasteiger charge is 2.22. The minimum atomic E-state index is -0.559. The molecule has 0 bridgehead atoms. The summed E-state index contributed by atoms with van der Waals surface area (Å²) in [5, 5.41) is 3.53. The van der Waals surface area contributed by atoms with Gasteiger partial charge in [0.15, 0.2) is 5.58 Å². The summed E-state index contributed by atoms with van der Waals surface area (Å²) in [6, 6.07) is 13.1. The number of rotatable bonds is 3. The maximum Gasteiger partial charge on any atom is 0.420 e. The van der Waals surface area contributed by atoms with Gasteiger partial charge < -0.3 is 9.73 Å². The number of halogens is 1. The van der Waals surface area contributed by atoms with Crippen molar-refractivity contribution in [2.75, 3.05) is 0 Å². The highest BCUT2D eigenvalue weighted by atomic mass is 35.5. The van der Waals surface area contributed by atoms with Crippen LogP contribution in [0.15, 0.2) is 51.7 Å². The molecule has 1 amide bonds. The third-order valence-corrected chi connectivity index (χ3v) is 4.87. The van der Waals surface area contributed by atoms with Crippen molar-refractivity contribution in [3.63, 3.8) is 0 Å². The number of fused-ring (bicyclic) bond motifs is 2. The lowest BCUT2D eigenvalue weighted by molar-refractivity contribution is -0.122. The Morgan fingerprint density at radius 2 is 2.12 bits per heavy atom. The standard InChI is InChI=1S/C19H17ClN2O3/c20-13-8-9-16-17(10-13)25-19(24)22(16)11-18(23)21-15-7-3-5-12-4-1-2-6-14(12)15/h1-2,4,6,8-10,15H,3,5,7,11H2,(H,21,23). The molecule has 3 aromatic rings. The number of nitrogens with zero attached hydrogens (tertiary/aromatic N) is 1. The smallest absolute Gasteiger partial charge is 0.408 e. The summed E-state index contributed by atoms with van der Waals surface area (Å²) >= 11 is 5.91. The number of hydrogen-bond donors (Lipinski definition) is 1. The van der Waals surface area contributed by atoms with Crippen molar-refractivity contribution in [1.82, 2.24) is 9.88 Å². The Labute approximate surface area is 149 Å². The van der Waals surface area contributed by atoms with Gasteiger partial charge in [-0.25, -0.2) is 4.79 Å². The Kier molecular flexibility index (Phi) is 4.09. The van der Waals surface area contributed by atoms with Crippen molar-refractivity contribution in [1.29, 1.82) is 0 Å². The molecule has 128 valence electrons. The topological polar surface area (TPSA) is 64.2 Å². The molecule has 1 N–H and O–H groups in total. The lowest BCUT2D eigenvalue weighted by atomic mass is 9.88. The highest BCUT2D eigenvalue weighted by Crippen LogP contribution is 2.29. The first kappa shape index (κ1) is 16.0. The van der Waals surface area contributed by atoms with E-state index in [4.69, 9.17) is 16.0 Å². The number of carbonyl (C=O) groups is 1. The molecule has 1 atom stereocenters. The van der Waals surface area contributed by atoms with E-state index in [1.54, 1.807) is 18.2 Å². The maximum absolute atomic E-state index is 12.5.